The standard InChI is InChI=1S/C21H14Cl2FN3O/c22-13-4-7-15(17(23)10-13)20(27-18-8-5-14(24)11-26-18)16-6-3-12-2-1-9-25-19(12)21(16)28/h1-11,20,28H,(H,26,27). The number of anilines is 1. The zero-order chi connectivity index (χ0) is 19.7. The molecule has 0 amide bonds. The summed E-state index contributed by atoms with van der Waals surface area (Å²) in [5.41, 5.74) is 1.72. The van der Waals surface area contributed by atoms with Gasteiger partial charge in [-0.1, -0.05) is 47.5 Å². The van der Waals surface area contributed by atoms with Crippen molar-refractivity contribution in [2.75, 3.05) is 5.32 Å². The minimum atomic E-state index is -0.561. The maximum atomic E-state index is 13.2. The topological polar surface area (TPSA) is 58.0 Å². The van der Waals surface area contributed by atoms with Crippen molar-refractivity contribution >= 4 is 39.9 Å². The molecule has 0 aliphatic carbocycles. The highest BCUT2D eigenvalue weighted by atomic mass is 35.5. The first kappa shape index (κ1) is 18.5. The Labute approximate surface area is 170 Å². The van der Waals surface area contributed by atoms with Gasteiger partial charge in [0.1, 0.15) is 22.9 Å². The molecule has 0 saturated carbocycles. The van der Waals surface area contributed by atoms with Crippen molar-refractivity contribution in [1.82, 2.24) is 9.97 Å². The summed E-state index contributed by atoms with van der Waals surface area (Å²) in [5.74, 6) is 0.0195. The van der Waals surface area contributed by atoms with E-state index in [2.05, 4.69) is 15.3 Å². The highest BCUT2D eigenvalue weighted by molar-refractivity contribution is 6.35. The molecule has 28 heavy (non-hydrogen) atoms. The number of fused-ring (bicyclic) bond motifs is 1. The molecular weight excluding hydrogens is 400 g/mol. The van der Waals surface area contributed by atoms with E-state index in [4.69, 9.17) is 23.2 Å². The van der Waals surface area contributed by atoms with Crippen LogP contribution in [0.15, 0.2) is 67.0 Å². The van der Waals surface area contributed by atoms with E-state index >= 15 is 0 Å². The van der Waals surface area contributed by atoms with Crippen LogP contribution in [0.2, 0.25) is 10.0 Å². The fraction of sp³-hybridized carbons (Fsp3) is 0.0476. The zero-order valence-electron chi connectivity index (χ0n) is 14.4. The van der Waals surface area contributed by atoms with Gasteiger partial charge in [0.05, 0.1) is 12.2 Å². The Morgan fingerprint density at radius 2 is 1.79 bits per heavy atom. The summed E-state index contributed by atoms with van der Waals surface area (Å²) >= 11 is 12.5. The van der Waals surface area contributed by atoms with Crippen molar-refractivity contribution in [3.63, 3.8) is 0 Å². The average molecular weight is 414 g/mol. The molecular formula is C21H14Cl2FN3O. The van der Waals surface area contributed by atoms with Gasteiger partial charge < -0.3 is 10.4 Å². The number of nitrogens with zero attached hydrogens (tertiary/aromatic N) is 2. The fourth-order valence-corrected chi connectivity index (χ4v) is 3.56. The third-order valence-corrected chi connectivity index (χ3v) is 4.95. The van der Waals surface area contributed by atoms with Gasteiger partial charge in [-0.3, -0.25) is 4.98 Å². The summed E-state index contributed by atoms with van der Waals surface area (Å²) in [4.78, 5) is 8.33. The highest BCUT2D eigenvalue weighted by Gasteiger charge is 2.22. The van der Waals surface area contributed by atoms with Crippen LogP contribution in [-0.2, 0) is 0 Å². The van der Waals surface area contributed by atoms with Gasteiger partial charge in [0, 0.05) is 27.2 Å². The Morgan fingerprint density at radius 1 is 0.964 bits per heavy atom. The van der Waals surface area contributed by atoms with E-state index in [0.717, 1.165) is 11.6 Å². The fourth-order valence-electron chi connectivity index (χ4n) is 3.05. The molecule has 2 N–H and O–H groups in total. The molecule has 0 spiro atoms. The summed E-state index contributed by atoms with van der Waals surface area (Å²) in [7, 11) is 0. The van der Waals surface area contributed by atoms with Crippen LogP contribution in [0.25, 0.3) is 10.9 Å². The number of rotatable bonds is 4. The third-order valence-electron chi connectivity index (χ3n) is 4.38. The molecule has 2 aromatic carbocycles. The quantitative estimate of drug-likeness (QED) is 0.431. The first-order valence-corrected chi connectivity index (χ1v) is 9.18. The van der Waals surface area contributed by atoms with Gasteiger partial charge in [-0.15, -0.1) is 0 Å². The summed E-state index contributed by atoms with van der Waals surface area (Å²) in [6.45, 7) is 0. The van der Waals surface area contributed by atoms with Crippen LogP contribution in [0.3, 0.4) is 0 Å². The van der Waals surface area contributed by atoms with Crippen LogP contribution in [-0.4, -0.2) is 15.1 Å². The maximum Gasteiger partial charge on any atom is 0.147 e. The second-order valence-corrected chi connectivity index (χ2v) is 7.03. The van der Waals surface area contributed by atoms with E-state index < -0.39 is 11.9 Å². The number of phenolic OH excluding ortho intramolecular Hbond substituents is 1. The van der Waals surface area contributed by atoms with E-state index in [0.29, 0.717) is 32.5 Å². The summed E-state index contributed by atoms with van der Waals surface area (Å²) in [6, 6.07) is 14.7. The number of halogens is 3. The number of phenols is 1. The average Bonchev–Trinajstić information content (AvgIpc) is 2.69. The third kappa shape index (κ3) is 3.59. The van der Waals surface area contributed by atoms with E-state index in [1.807, 2.05) is 12.1 Å². The van der Waals surface area contributed by atoms with Crippen LogP contribution in [0, 0.1) is 5.82 Å². The summed E-state index contributed by atoms with van der Waals surface area (Å²) in [6.07, 6.45) is 2.73. The number of hydrogen-bond acceptors (Lipinski definition) is 4. The number of aromatic nitrogens is 2. The Morgan fingerprint density at radius 3 is 2.54 bits per heavy atom. The lowest BCUT2D eigenvalue weighted by molar-refractivity contribution is 0.471. The van der Waals surface area contributed by atoms with Crippen molar-refractivity contribution < 1.29 is 9.50 Å². The zero-order valence-corrected chi connectivity index (χ0v) is 15.9. The Bertz CT molecular complexity index is 1150. The van der Waals surface area contributed by atoms with Gasteiger partial charge in [-0.05, 0) is 35.9 Å². The van der Waals surface area contributed by atoms with E-state index in [-0.39, 0.29) is 5.75 Å². The minimum Gasteiger partial charge on any atom is -0.505 e. The van der Waals surface area contributed by atoms with Crippen molar-refractivity contribution in [2.24, 2.45) is 0 Å². The first-order valence-electron chi connectivity index (χ1n) is 8.42. The highest BCUT2D eigenvalue weighted by Crippen LogP contribution is 2.39. The number of hydrogen-bond donors (Lipinski definition) is 2. The molecule has 2 aromatic heterocycles. The van der Waals surface area contributed by atoms with E-state index in [1.54, 1.807) is 36.5 Å². The molecule has 0 bridgehead atoms. The van der Waals surface area contributed by atoms with E-state index in [9.17, 15) is 9.50 Å². The largest absolute Gasteiger partial charge is 0.505 e. The molecule has 7 heteroatoms. The van der Waals surface area contributed by atoms with Gasteiger partial charge in [0.15, 0.2) is 0 Å². The number of nitrogens with one attached hydrogen (secondary N) is 1. The number of pyridine rings is 2. The molecule has 0 fully saturated rings. The first-order chi connectivity index (χ1) is 13.5. The smallest absolute Gasteiger partial charge is 0.147 e. The van der Waals surface area contributed by atoms with Crippen LogP contribution in [0.5, 0.6) is 5.75 Å². The number of benzene rings is 2. The molecule has 1 atom stereocenters. The minimum absolute atomic E-state index is 0.0312. The van der Waals surface area contributed by atoms with Crippen molar-refractivity contribution in [3.05, 3.63) is 94.0 Å². The molecule has 140 valence electrons. The van der Waals surface area contributed by atoms with Gasteiger partial charge in [-0.2, -0.15) is 0 Å². The second kappa shape index (κ2) is 7.62. The van der Waals surface area contributed by atoms with Crippen molar-refractivity contribution in [2.45, 2.75) is 6.04 Å². The van der Waals surface area contributed by atoms with E-state index in [1.165, 1.54) is 12.1 Å². The van der Waals surface area contributed by atoms with Gasteiger partial charge in [0.25, 0.3) is 0 Å². The predicted octanol–water partition coefficient (Wildman–Crippen LogP) is 5.98. The van der Waals surface area contributed by atoms with Crippen molar-refractivity contribution in [1.29, 1.82) is 0 Å². The molecule has 4 rings (SSSR count). The van der Waals surface area contributed by atoms with Gasteiger partial charge in [0.2, 0.25) is 0 Å². The van der Waals surface area contributed by atoms with Crippen LogP contribution >= 0.6 is 23.2 Å². The molecule has 0 saturated heterocycles. The molecule has 4 nitrogen and oxygen atoms in total. The van der Waals surface area contributed by atoms with Gasteiger partial charge in [-0.25, -0.2) is 9.37 Å². The Hall–Kier alpha value is -2.89. The van der Waals surface area contributed by atoms with Crippen LogP contribution in [0.4, 0.5) is 10.2 Å². The molecule has 0 radical (unpaired) electrons. The summed E-state index contributed by atoms with van der Waals surface area (Å²) in [5, 5.41) is 15.8. The normalized spacial score (nSPS) is 12.1. The molecule has 2 heterocycles. The second-order valence-electron chi connectivity index (χ2n) is 6.18. The molecule has 4 aromatic rings. The van der Waals surface area contributed by atoms with Crippen LogP contribution in [0.1, 0.15) is 17.2 Å². The SMILES string of the molecule is Oc1c(C(Nc2ccc(F)cn2)c2ccc(Cl)cc2Cl)ccc2cccnc12. The number of aromatic hydroxyl groups is 1. The van der Waals surface area contributed by atoms with Crippen molar-refractivity contribution in [3.8, 4) is 5.75 Å². The Kier molecular flexibility index (Phi) is 5.03. The molecule has 0 aliphatic rings. The lowest BCUT2D eigenvalue weighted by Gasteiger charge is -2.23. The molecule has 1 unspecified atom stereocenters. The maximum absolute atomic E-state index is 13.2. The van der Waals surface area contributed by atoms with Crippen LogP contribution < -0.4 is 5.32 Å². The molecule has 0 aliphatic heterocycles. The Balaban J connectivity index is 1.87. The lowest BCUT2D eigenvalue weighted by Crippen LogP contribution is -2.14. The lowest BCUT2D eigenvalue weighted by atomic mass is 9.96. The van der Waals surface area contributed by atoms with Gasteiger partial charge >= 0.3 is 0 Å². The summed E-state index contributed by atoms with van der Waals surface area (Å²) < 4.78 is 13.2. The predicted molar refractivity (Wildman–Crippen MR) is 110 cm³/mol. The monoisotopic (exact) mass is 413 g/mol.